The highest BCUT2D eigenvalue weighted by Crippen LogP contribution is 2.32. The minimum Gasteiger partial charge on any atom is -0.496 e. The Morgan fingerprint density at radius 3 is 2.24 bits per heavy atom. The summed E-state index contributed by atoms with van der Waals surface area (Å²) in [5.41, 5.74) is -0.0253. The number of esters is 1. The monoisotopic (exact) mass is 317 g/mol. The van der Waals surface area contributed by atoms with Gasteiger partial charge in [-0.1, -0.05) is 6.92 Å². The van der Waals surface area contributed by atoms with Crippen LogP contribution in [0.15, 0.2) is 17.0 Å². The molecule has 1 unspecified atom stereocenters. The molecule has 1 aromatic carbocycles. The van der Waals surface area contributed by atoms with Gasteiger partial charge in [0.25, 0.3) is 0 Å². The molecule has 0 fully saturated rings. The van der Waals surface area contributed by atoms with Crippen molar-refractivity contribution in [3.05, 3.63) is 17.7 Å². The summed E-state index contributed by atoms with van der Waals surface area (Å²) in [6, 6.07) is 2.38. The van der Waals surface area contributed by atoms with Crippen LogP contribution in [0.1, 0.15) is 30.6 Å². The van der Waals surface area contributed by atoms with E-state index in [2.05, 4.69) is 0 Å². The minimum atomic E-state index is -4.05. The van der Waals surface area contributed by atoms with E-state index >= 15 is 0 Å². The average molecular weight is 317 g/mol. The number of carbonyl (C=O) groups excluding carboxylic acids is 1. The maximum atomic E-state index is 12.1. The number of primary sulfonamides is 1. The molecule has 118 valence electrons. The fraction of sp³-hybridized carbons (Fsp3) is 0.462. The topological polar surface area (TPSA) is 105 Å². The molecule has 0 saturated carbocycles. The molecule has 7 nitrogen and oxygen atoms in total. The van der Waals surface area contributed by atoms with Crippen LogP contribution in [0.5, 0.6) is 11.5 Å². The molecule has 0 aliphatic rings. The summed E-state index contributed by atoms with van der Waals surface area (Å²) in [6.45, 7) is 3.59. The molecule has 1 rings (SSSR count). The first-order valence-electron chi connectivity index (χ1n) is 6.24. The molecule has 0 aliphatic heterocycles. The fourth-order valence-electron chi connectivity index (χ4n) is 1.58. The third-order valence-corrected chi connectivity index (χ3v) is 3.83. The molecule has 0 aromatic heterocycles. The number of nitrogens with two attached hydrogens (primary N) is 1. The maximum Gasteiger partial charge on any atom is 0.342 e. The smallest absolute Gasteiger partial charge is 0.342 e. The van der Waals surface area contributed by atoms with Crippen molar-refractivity contribution in [1.29, 1.82) is 0 Å². The lowest BCUT2D eigenvalue weighted by atomic mass is 10.2. The average Bonchev–Trinajstić information content (AvgIpc) is 2.44. The van der Waals surface area contributed by atoms with Gasteiger partial charge in [0.2, 0.25) is 10.0 Å². The Bertz CT molecular complexity index is 626. The van der Waals surface area contributed by atoms with E-state index in [0.29, 0.717) is 6.42 Å². The normalized spacial score (nSPS) is 12.6. The Kier molecular flexibility index (Phi) is 5.56. The number of hydrogen-bond acceptors (Lipinski definition) is 6. The van der Waals surface area contributed by atoms with Gasteiger partial charge in [0, 0.05) is 6.07 Å². The molecule has 0 bridgehead atoms. The zero-order valence-corrected chi connectivity index (χ0v) is 13.2. The highest BCUT2D eigenvalue weighted by molar-refractivity contribution is 7.89. The van der Waals surface area contributed by atoms with E-state index in [-0.39, 0.29) is 28.1 Å². The number of rotatable bonds is 6. The van der Waals surface area contributed by atoms with E-state index in [1.807, 2.05) is 6.92 Å². The molecule has 0 heterocycles. The Labute approximate surface area is 124 Å². The van der Waals surface area contributed by atoms with Crippen molar-refractivity contribution >= 4 is 16.0 Å². The van der Waals surface area contributed by atoms with E-state index in [4.69, 9.17) is 19.3 Å². The van der Waals surface area contributed by atoms with Crippen molar-refractivity contribution in [2.45, 2.75) is 31.3 Å². The Morgan fingerprint density at radius 2 is 1.81 bits per heavy atom. The summed E-state index contributed by atoms with van der Waals surface area (Å²) in [4.78, 5) is 11.8. The molecule has 21 heavy (non-hydrogen) atoms. The molecule has 0 spiro atoms. The maximum absolute atomic E-state index is 12.1. The summed E-state index contributed by atoms with van der Waals surface area (Å²) >= 11 is 0. The lowest BCUT2D eigenvalue weighted by molar-refractivity contribution is 0.0330. The second-order valence-electron chi connectivity index (χ2n) is 4.37. The van der Waals surface area contributed by atoms with Crippen molar-refractivity contribution < 1.29 is 27.4 Å². The van der Waals surface area contributed by atoms with Crippen LogP contribution in [0.2, 0.25) is 0 Å². The number of sulfonamides is 1. The zero-order chi connectivity index (χ0) is 16.2. The Balaban J connectivity index is 3.40. The number of methoxy groups -OCH3 is 2. The summed E-state index contributed by atoms with van der Waals surface area (Å²) in [7, 11) is -1.40. The summed E-state index contributed by atoms with van der Waals surface area (Å²) in [5, 5.41) is 5.12. The van der Waals surface area contributed by atoms with Crippen molar-refractivity contribution in [3.63, 3.8) is 0 Å². The lowest BCUT2D eigenvalue weighted by Crippen LogP contribution is -2.18. The molecule has 8 heteroatoms. The summed E-state index contributed by atoms with van der Waals surface area (Å²) in [5.74, 6) is -0.546. The molecule has 2 N–H and O–H groups in total. The van der Waals surface area contributed by atoms with Gasteiger partial charge in [0.15, 0.2) is 0 Å². The van der Waals surface area contributed by atoms with Crippen molar-refractivity contribution in [1.82, 2.24) is 0 Å². The highest BCUT2D eigenvalue weighted by atomic mass is 32.2. The molecule has 0 radical (unpaired) electrons. The van der Waals surface area contributed by atoms with E-state index in [9.17, 15) is 13.2 Å². The largest absolute Gasteiger partial charge is 0.496 e. The second-order valence-corrected chi connectivity index (χ2v) is 5.90. The van der Waals surface area contributed by atoms with Crippen LogP contribution in [0.25, 0.3) is 0 Å². The Hall–Kier alpha value is -1.80. The van der Waals surface area contributed by atoms with Crippen LogP contribution < -0.4 is 14.6 Å². The van der Waals surface area contributed by atoms with Gasteiger partial charge in [-0.05, 0) is 19.4 Å². The zero-order valence-electron chi connectivity index (χ0n) is 12.4. The van der Waals surface area contributed by atoms with Crippen LogP contribution in [0, 0.1) is 0 Å². The SMILES string of the molecule is CCC(C)OC(=O)c1cc(S(N)(=O)=O)c(OC)cc1OC. The van der Waals surface area contributed by atoms with Gasteiger partial charge in [-0.2, -0.15) is 0 Å². The number of benzene rings is 1. The predicted octanol–water partition coefficient (Wildman–Crippen LogP) is 1.31. The molecule has 0 amide bonds. The van der Waals surface area contributed by atoms with Crippen molar-refractivity contribution in [3.8, 4) is 11.5 Å². The Morgan fingerprint density at radius 1 is 1.24 bits per heavy atom. The summed E-state index contributed by atoms with van der Waals surface area (Å²) in [6.07, 6.45) is 0.328. The molecule has 0 aliphatic carbocycles. The molecule has 1 aromatic rings. The van der Waals surface area contributed by atoms with E-state index in [0.717, 1.165) is 6.07 Å². The third-order valence-electron chi connectivity index (χ3n) is 2.90. The van der Waals surface area contributed by atoms with Crippen LogP contribution in [-0.4, -0.2) is 34.7 Å². The van der Waals surface area contributed by atoms with Crippen LogP contribution in [-0.2, 0) is 14.8 Å². The molecule has 1 atom stereocenters. The molecule has 0 saturated heterocycles. The van der Waals surface area contributed by atoms with Gasteiger partial charge in [0.05, 0.1) is 20.3 Å². The predicted molar refractivity (Wildman–Crippen MR) is 76.1 cm³/mol. The van der Waals surface area contributed by atoms with Gasteiger partial charge in [-0.3, -0.25) is 0 Å². The quantitative estimate of drug-likeness (QED) is 0.793. The van der Waals surface area contributed by atoms with Crippen LogP contribution >= 0.6 is 0 Å². The first kappa shape index (κ1) is 17.3. The first-order chi connectivity index (χ1) is 9.74. The van der Waals surface area contributed by atoms with Gasteiger partial charge >= 0.3 is 5.97 Å². The number of ether oxygens (including phenoxy) is 3. The summed E-state index contributed by atoms with van der Waals surface area (Å²) < 4.78 is 38.3. The number of carbonyl (C=O) groups is 1. The third kappa shape index (κ3) is 4.08. The fourth-order valence-corrected chi connectivity index (χ4v) is 2.29. The van der Waals surface area contributed by atoms with Gasteiger partial charge < -0.3 is 14.2 Å². The van der Waals surface area contributed by atoms with Gasteiger partial charge in [-0.15, -0.1) is 0 Å². The van der Waals surface area contributed by atoms with Crippen LogP contribution in [0.3, 0.4) is 0 Å². The molecular formula is C13H19NO6S. The standard InChI is InChI=1S/C13H19NO6S/c1-5-8(2)20-13(15)9-6-12(21(14,16)17)11(19-4)7-10(9)18-3/h6-8H,5H2,1-4H3,(H2,14,16,17). The highest BCUT2D eigenvalue weighted by Gasteiger charge is 2.24. The lowest BCUT2D eigenvalue weighted by Gasteiger charge is -2.15. The van der Waals surface area contributed by atoms with Crippen molar-refractivity contribution in [2.75, 3.05) is 14.2 Å². The van der Waals surface area contributed by atoms with Crippen LogP contribution in [0.4, 0.5) is 0 Å². The van der Waals surface area contributed by atoms with Crippen molar-refractivity contribution in [2.24, 2.45) is 5.14 Å². The number of hydrogen-bond donors (Lipinski definition) is 1. The van der Waals surface area contributed by atoms with Gasteiger partial charge in [-0.25, -0.2) is 18.4 Å². The van der Waals surface area contributed by atoms with E-state index in [1.54, 1.807) is 6.92 Å². The minimum absolute atomic E-state index is 0.00515. The molecular weight excluding hydrogens is 298 g/mol. The van der Waals surface area contributed by atoms with Gasteiger partial charge in [0.1, 0.15) is 22.0 Å². The second kappa shape index (κ2) is 6.77. The van der Waals surface area contributed by atoms with E-state index < -0.39 is 16.0 Å². The first-order valence-corrected chi connectivity index (χ1v) is 7.79. The van der Waals surface area contributed by atoms with E-state index in [1.165, 1.54) is 20.3 Å².